The van der Waals surface area contributed by atoms with Gasteiger partial charge in [0.15, 0.2) is 11.6 Å². The molecule has 0 spiro atoms. The number of pyridine rings is 1. The Labute approximate surface area is 163 Å². The molecule has 150 valence electrons. The molecular formula is C20H35N7. The van der Waals surface area contributed by atoms with Gasteiger partial charge in [0.05, 0.1) is 0 Å². The Morgan fingerprint density at radius 2 is 1.78 bits per heavy atom. The van der Waals surface area contributed by atoms with Crippen LogP contribution in [0.3, 0.4) is 0 Å². The minimum Gasteiger partial charge on any atom is -0.356 e. The number of hydrogen-bond acceptors (Lipinski definition) is 4. The Morgan fingerprint density at radius 3 is 2.44 bits per heavy atom. The monoisotopic (exact) mass is 373 g/mol. The molecule has 0 aliphatic heterocycles. The molecule has 0 fully saturated rings. The maximum atomic E-state index is 4.31. The molecule has 27 heavy (non-hydrogen) atoms. The van der Waals surface area contributed by atoms with Crippen molar-refractivity contribution in [3.05, 3.63) is 30.2 Å². The van der Waals surface area contributed by atoms with E-state index in [1.807, 2.05) is 35.8 Å². The first-order chi connectivity index (χ1) is 13.0. The Kier molecular flexibility index (Phi) is 8.51. The molecule has 0 aromatic carbocycles. The third kappa shape index (κ3) is 6.50. The zero-order valence-corrected chi connectivity index (χ0v) is 17.4. The summed E-state index contributed by atoms with van der Waals surface area (Å²) in [5.74, 6) is 1.86. The average molecular weight is 374 g/mol. The van der Waals surface area contributed by atoms with Crippen molar-refractivity contribution in [3.63, 3.8) is 0 Å². The van der Waals surface area contributed by atoms with Gasteiger partial charge in [0.2, 0.25) is 0 Å². The summed E-state index contributed by atoms with van der Waals surface area (Å²) in [5.41, 5.74) is 0.898. The molecule has 0 unspecified atom stereocenters. The maximum Gasteiger partial charge on any atom is 0.190 e. The molecule has 7 heteroatoms. The van der Waals surface area contributed by atoms with Crippen molar-refractivity contribution < 1.29 is 0 Å². The second-order valence-corrected chi connectivity index (χ2v) is 7.35. The van der Waals surface area contributed by atoms with Crippen molar-refractivity contribution in [2.45, 2.75) is 59.0 Å². The SMILES string of the molecule is CN=C(NCCCc1nnc2ccccn12)NCCCN(C(C)C)C(C)C. The van der Waals surface area contributed by atoms with Gasteiger partial charge >= 0.3 is 0 Å². The van der Waals surface area contributed by atoms with E-state index in [-0.39, 0.29) is 0 Å². The summed E-state index contributed by atoms with van der Waals surface area (Å²) in [6.07, 6.45) is 4.97. The van der Waals surface area contributed by atoms with Crippen LogP contribution in [0.4, 0.5) is 0 Å². The standard InChI is InChI=1S/C20H35N7/c1-16(2)26(17(3)4)15-9-13-23-20(21-5)22-12-8-11-19-25-24-18-10-6-7-14-27(18)19/h6-7,10,14,16-17H,8-9,11-13,15H2,1-5H3,(H2,21,22,23). The number of aromatic nitrogens is 3. The number of rotatable bonds is 10. The third-order valence-electron chi connectivity index (χ3n) is 4.69. The quantitative estimate of drug-likeness (QED) is 0.380. The molecule has 2 aromatic rings. The molecule has 0 bridgehead atoms. The molecule has 0 radical (unpaired) electrons. The molecule has 2 rings (SSSR count). The van der Waals surface area contributed by atoms with Crippen LogP contribution < -0.4 is 10.6 Å². The summed E-state index contributed by atoms with van der Waals surface area (Å²) >= 11 is 0. The Bertz CT molecular complexity index is 697. The van der Waals surface area contributed by atoms with Crippen LogP contribution in [0.25, 0.3) is 5.65 Å². The van der Waals surface area contributed by atoms with Gasteiger partial charge in [-0.15, -0.1) is 10.2 Å². The first kappa shape index (κ1) is 21.2. The Balaban J connectivity index is 1.65. The van der Waals surface area contributed by atoms with Gasteiger partial charge in [-0.05, 0) is 52.7 Å². The molecule has 7 nitrogen and oxygen atoms in total. The first-order valence-electron chi connectivity index (χ1n) is 10.0. The second kappa shape index (κ2) is 10.9. The normalized spacial score (nSPS) is 12.5. The number of guanidine groups is 1. The van der Waals surface area contributed by atoms with E-state index < -0.39 is 0 Å². The highest BCUT2D eigenvalue weighted by Crippen LogP contribution is 2.06. The fraction of sp³-hybridized carbons (Fsp3) is 0.650. The molecule has 2 heterocycles. The zero-order valence-electron chi connectivity index (χ0n) is 17.4. The summed E-state index contributed by atoms with van der Waals surface area (Å²) < 4.78 is 2.04. The van der Waals surface area contributed by atoms with Gasteiger partial charge in [0.25, 0.3) is 0 Å². The fourth-order valence-electron chi connectivity index (χ4n) is 3.32. The van der Waals surface area contributed by atoms with E-state index in [0.29, 0.717) is 12.1 Å². The summed E-state index contributed by atoms with van der Waals surface area (Å²) in [7, 11) is 1.82. The molecule has 2 aromatic heterocycles. The molecule has 0 aliphatic rings. The van der Waals surface area contributed by atoms with Crippen LogP contribution in [-0.4, -0.2) is 64.2 Å². The van der Waals surface area contributed by atoms with E-state index in [1.54, 1.807) is 0 Å². The number of aliphatic imine (C=N–C) groups is 1. The molecule has 0 atom stereocenters. The summed E-state index contributed by atoms with van der Waals surface area (Å²) in [6, 6.07) is 7.11. The molecule has 0 aliphatic carbocycles. The summed E-state index contributed by atoms with van der Waals surface area (Å²) in [4.78, 5) is 6.82. The molecule has 2 N–H and O–H groups in total. The lowest BCUT2D eigenvalue weighted by Crippen LogP contribution is -2.41. The van der Waals surface area contributed by atoms with Crippen LogP contribution in [0.2, 0.25) is 0 Å². The van der Waals surface area contributed by atoms with Crippen LogP contribution in [0.5, 0.6) is 0 Å². The largest absolute Gasteiger partial charge is 0.356 e. The van der Waals surface area contributed by atoms with Gasteiger partial charge in [-0.25, -0.2) is 0 Å². The van der Waals surface area contributed by atoms with Crippen molar-refractivity contribution in [1.82, 2.24) is 30.1 Å². The molecule has 0 saturated carbocycles. The van der Waals surface area contributed by atoms with E-state index in [1.165, 1.54) is 0 Å². The number of hydrogen-bond donors (Lipinski definition) is 2. The van der Waals surface area contributed by atoms with Gasteiger partial charge in [-0.3, -0.25) is 14.3 Å². The van der Waals surface area contributed by atoms with Crippen LogP contribution >= 0.6 is 0 Å². The first-order valence-corrected chi connectivity index (χ1v) is 10.0. The minimum absolute atomic E-state index is 0.579. The van der Waals surface area contributed by atoms with Crippen molar-refractivity contribution in [3.8, 4) is 0 Å². The van der Waals surface area contributed by atoms with Gasteiger partial charge in [-0.2, -0.15) is 0 Å². The zero-order chi connectivity index (χ0) is 19.6. The van der Waals surface area contributed by atoms with Crippen molar-refractivity contribution in [1.29, 1.82) is 0 Å². The van der Waals surface area contributed by atoms with Crippen LogP contribution in [0.15, 0.2) is 29.4 Å². The second-order valence-electron chi connectivity index (χ2n) is 7.35. The van der Waals surface area contributed by atoms with Crippen molar-refractivity contribution >= 4 is 11.6 Å². The van der Waals surface area contributed by atoms with E-state index in [2.05, 4.69) is 58.4 Å². The number of aryl methyl sites for hydroxylation is 1. The maximum absolute atomic E-state index is 4.31. The summed E-state index contributed by atoms with van der Waals surface area (Å²) in [5, 5.41) is 15.2. The van der Waals surface area contributed by atoms with Gasteiger partial charge in [0, 0.05) is 51.4 Å². The summed E-state index contributed by atoms with van der Waals surface area (Å²) in [6.45, 7) is 11.9. The van der Waals surface area contributed by atoms with Crippen molar-refractivity contribution in [2.75, 3.05) is 26.7 Å². The number of fused-ring (bicyclic) bond motifs is 1. The molecule has 0 saturated heterocycles. The van der Waals surface area contributed by atoms with E-state index >= 15 is 0 Å². The van der Waals surface area contributed by atoms with Crippen LogP contribution in [-0.2, 0) is 6.42 Å². The van der Waals surface area contributed by atoms with Gasteiger partial charge < -0.3 is 10.6 Å². The smallest absolute Gasteiger partial charge is 0.190 e. The number of nitrogens with one attached hydrogen (secondary N) is 2. The fourth-order valence-corrected chi connectivity index (χ4v) is 3.32. The molecule has 0 amide bonds. The van der Waals surface area contributed by atoms with E-state index in [4.69, 9.17) is 0 Å². The van der Waals surface area contributed by atoms with Crippen molar-refractivity contribution in [2.24, 2.45) is 4.99 Å². The topological polar surface area (TPSA) is 69.8 Å². The minimum atomic E-state index is 0.579. The van der Waals surface area contributed by atoms with Gasteiger partial charge in [0.1, 0.15) is 5.82 Å². The van der Waals surface area contributed by atoms with E-state index in [0.717, 1.165) is 56.3 Å². The lowest BCUT2D eigenvalue weighted by molar-refractivity contribution is 0.173. The Morgan fingerprint density at radius 1 is 1.07 bits per heavy atom. The van der Waals surface area contributed by atoms with Crippen LogP contribution in [0.1, 0.15) is 46.4 Å². The Hall–Kier alpha value is -2.15. The third-order valence-corrected chi connectivity index (χ3v) is 4.69. The predicted octanol–water partition coefficient (Wildman–Crippen LogP) is 2.34. The average Bonchev–Trinajstić information content (AvgIpc) is 3.05. The number of nitrogens with zero attached hydrogens (tertiary/aromatic N) is 5. The van der Waals surface area contributed by atoms with E-state index in [9.17, 15) is 0 Å². The highest BCUT2D eigenvalue weighted by Gasteiger charge is 2.12. The highest BCUT2D eigenvalue weighted by molar-refractivity contribution is 5.79. The van der Waals surface area contributed by atoms with Gasteiger partial charge in [-0.1, -0.05) is 6.07 Å². The predicted molar refractivity (Wildman–Crippen MR) is 112 cm³/mol. The highest BCUT2D eigenvalue weighted by atomic mass is 15.2. The lowest BCUT2D eigenvalue weighted by Gasteiger charge is -2.30. The van der Waals surface area contributed by atoms with Crippen LogP contribution in [0, 0.1) is 0 Å². The molecular weight excluding hydrogens is 338 g/mol. The lowest BCUT2D eigenvalue weighted by atomic mass is 10.2.